The van der Waals surface area contributed by atoms with Crippen LogP contribution in [0.4, 0.5) is 0 Å². The molecule has 0 saturated carbocycles. The smallest absolute Gasteiger partial charge is 0.306 e. The van der Waals surface area contributed by atoms with E-state index in [0.29, 0.717) is 6.42 Å². The normalized spacial score (nSPS) is 11.6. The number of aryl methyl sites for hydroxylation is 2. The van der Waals surface area contributed by atoms with E-state index in [4.69, 9.17) is 4.74 Å². The molecule has 0 saturated heterocycles. The number of carbonyl (C=O) groups is 2. The zero-order valence-corrected chi connectivity index (χ0v) is 14.8. The zero-order chi connectivity index (χ0) is 18.1. The Morgan fingerprint density at radius 1 is 1.04 bits per heavy atom. The summed E-state index contributed by atoms with van der Waals surface area (Å²) in [6.45, 7) is 3.80. The number of hydrogen-bond acceptors (Lipinski definition) is 3. The molecule has 0 heterocycles. The zero-order valence-electron chi connectivity index (χ0n) is 14.8. The van der Waals surface area contributed by atoms with E-state index >= 15 is 0 Å². The van der Waals surface area contributed by atoms with E-state index in [1.807, 2.05) is 68.4 Å². The summed E-state index contributed by atoms with van der Waals surface area (Å²) in [5.41, 5.74) is 3.31. The average Bonchev–Trinajstić information content (AvgIpc) is 2.64. The molecule has 2 rings (SSSR count). The van der Waals surface area contributed by atoms with Crippen molar-refractivity contribution in [1.82, 2.24) is 5.32 Å². The molecule has 0 unspecified atom stereocenters. The third-order valence-corrected chi connectivity index (χ3v) is 4.05. The largest absolute Gasteiger partial charge is 0.456 e. The molecule has 4 nitrogen and oxygen atoms in total. The fourth-order valence-electron chi connectivity index (χ4n) is 2.57. The van der Waals surface area contributed by atoms with Crippen molar-refractivity contribution in [2.45, 2.75) is 39.2 Å². The lowest BCUT2D eigenvalue weighted by Crippen LogP contribution is -2.32. The Hall–Kier alpha value is -2.62. The van der Waals surface area contributed by atoms with Crippen LogP contribution in [0, 0.1) is 6.92 Å². The van der Waals surface area contributed by atoms with Crippen molar-refractivity contribution >= 4 is 11.9 Å². The Balaban J connectivity index is 1.75. The summed E-state index contributed by atoms with van der Waals surface area (Å²) in [5, 5.41) is 2.92. The minimum atomic E-state index is -0.359. The van der Waals surface area contributed by atoms with Crippen LogP contribution in [0.3, 0.4) is 0 Å². The van der Waals surface area contributed by atoms with Gasteiger partial charge in [0.2, 0.25) is 0 Å². The van der Waals surface area contributed by atoms with Gasteiger partial charge in [-0.25, -0.2) is 0 Å². The van der Waals surface area contributed by atoms with E-state index < -0.39 is 0 Å². The quantitative estimate of drug-likeness (QED) is 0.746. The van der Waals surface area contributed by atoms with Crippen LogP contribution in [0.1, 0.15) is 42.5 Å². The number of esters is 1. The highest BCUT2D eigenvalue weighted by atomic mass is 16.5. The Kier molecular flexibility index (Phi) is 7.20. The molecule has 0 fully saturated rings. The van der Waals surface area contributed by atoms with Crippen LogP contribution in [0.25, 0.3) is 0 Å². The topological polar surface area (TPSA) is 55.4 Å². The average molecular weight is 339 g/mol. The highest BCUT2D eigenvalue weighted by Crippen LogP contribution is 2.17. The molecule has 1 N–H and O–H groups in total. The van der Waals surface area contributed by atoms with Crippen molar-refractivity contribution in [3.8, 4) is 0 Å². The van der Waals surface area contributed by atoms with Crippen LogP contribution >= 0.6 is 0 Å². The van der Waals surface area contributed by atoms with Crippen molar-refractivity contribution in [3.63, 3.8) is 0 Å². The van der Waals surface area contributed by atoms with Gasteiger partial charge in [0.1, 0.15) is 0 Å². The molecule has 0 radical (unpaired) electrons. The van der Waals surface area contributed by atoms with Gasteiger partial charge in [0.05, 0.1) is 6.04 Å². The summed E-state index contributed by atoms with van der Waals surface area (Å²) in [7, 11) is 0. The molecule has 0 bridgehead atoms. The first kappa shape index (κ1) is 18.7. The summed E-state index contributed by atoms with van der Waals surface area (Å²) in [6, 6.07) is 17.7. The van der Waals surface area contributed by atoms with Crippen LogP contribution < -0.4 is 5.32 Å². The molecule has 2 aromatic rings. The first-order valence-electron chi connectivity index (χ1n) is 8.64. The van der Waals surface area contributed by atoms with Gasteiger partial charge >= 0.3 is 5.97 Å². The number of rotatable bonds is 8. The van der Waals surface area contributed by atoms with Gasteiger partial charge in [-0.2, -0.15) is 0 Å². The molecule has 0 aliphatic heterocycles. The Morgan fingerprint density at radius 3 is 2.36 bits per heavy atom. The molecule has 0 aliphatic carbocycles. The second-order valence-corrected chi connectivity index (χ2v) is 6.09. The van der Waals surface area contributed by atoms with Crippen LogP contribution in [0.15, 0.2) is 54.6 Å². The third kappa shape index (κ3) is 6.42. The van der Waals surface area contributed by atoms with Gasteiger partial charge in [0.25, 0.3) is 5.91 Å². The van der Waals surface area contributed by atoms with E-state index in [9.17, 15) is 9.59 Å². The van der Waals surface area contributed by atoms with Crippen LogP contribution in [0.2, 0.25) is 0 Å². The molecule has 0 aliphatic rings. The fourth-order valence-corrected chi connectivity index (χ4v) is 2.57. The maximum atomic E-state index is 12.0. The molecule has 0 spiro atoms. The minimum absolute atomic E-state index is 0.0730. The van der Waals surface area contributed by atoms with Crippen LogP contribution in [0.5, 0.6) is 0 Å². The van der Waals surface area contributed by atoms with Gasteiger partial charge in [-0.15, -0.1) is 0 Å². The lowest BCUT2D eigenvalue weighted by Gasteiger charge is -2.17. The molecule has 1 amide bonds. The number of benzene rings is 2. The van der Waals surface area contributed by atoms with E-state index in [-0.39, 0.29) is 30.9 Å². The monoisotopic (exact) mass is 339 g/mol. The highest BCUT2D eigenvalue weighted by Gasteiger charge is 2.14. The molecule has 0 aromatic heterocycles. The second-order valence-electron chi connectivity index (χ2n) is 6.09. The maximum Gasteiger partial charge on any atom is 0.306 e. The fraction of sp³-hybridized carbons (Fsp3) is 0.333. The molecular weight excluding hydrogens is 314 g/mol. The van der Waals surface area contributed by atoms with Crippen molar-refractivity contribution in [1.29, 1.82) is 0 Å². The highest BCUT2D eigenvalue weighted by molar-refractivity contribution is 5.80. The Morgan fingerprint density at radius 2 is 1.72 bits per heavy atom. The maximum absolute atomic E-state index is 12.0. The van der Waals surface area contributed by atoms with Gasteiger partial charge in [-0.1, -0.05) is 67.1 Å². The van der Waals surface area contributed by atoms with Crippen molar-refractivity contribution in [3.05, 3.63) is 71.3 Å². The second kappa shape index (κ2) is 9.62. The predicted molar refractivity (Wildman–Crippen MR) is 98.1 cm³/mol. The molecule has 132 valence electrons. The van der Waals surface area contributed by atoms with Gasteiger partial charge in [-0.05, 0) is 30.9 Å². The number of nitrogens with one attached hydrogen (secondary N) is 1. The molecular formula is C21H25NO3. The van der Waals surface area contributed by atoms with E-state index in [2.05, 4.69) is 5.32 Å². The van der Waals surface area contributed by atoms with Gasteiger partial charge in [0, 0.05) is 6.42 Å². The van der Waals surface area contributed by atoms with Crippen molar-refractivity contribution in [2.75, 3.05) is 6.61 Å². The summed E-state index contributed by atoms with van der Waals surface area (Å²) in [4.78, 5) is 23.8. The SMILES string of the molecule is CC[C@H](NC(=O)COC(=O)CCc1ccccc1)c1ccc(C)cc1. The summed E-state index contributed by atoms with van der Waals surface area (Å²) >= 11 is 0. The molecule has 1 atom stereocenters. The van der Waals surface area contributed by atoms with Gasteiger partial charge in [0.15, 0.2) is 6.61 Å². The molecule has 4 heteroatoms. The first-order valence-corrected chi connectivity index (χ1v) is 8.64. The summed E-state index contributed by atoms with van der Waals surface area (Å²) in [6.07, 6.45) is 1.66. The summed E-state index contributed by atoms with van der Waals surface area (Å²) < 4.78 is 5.07. The summed E-state index contributed by atoms with van der Waals surface area (Å²) in [5.74, 6) is -0.636. The van der Waals surface area contributed by atoms with Gasteiger partial charge in [-0.3, -0.25) is 9.59 Å². The first-order chi connectivity index (χ1) is 12.1. The predicted octanol–water partition coefficient (Wildman–Crippen LogP) is 3.74. The number of ether oxygens (including phenoxy) is 1. The Labute approximate surface area is 149 Å². The number of carbonyl (C=O) groups excluding carboxylic acids is 2. The number of hydrogen-bond donors (Lipinski definition) is 1. The van der Waals surface area contributed by atoms with E-state index in [1.54, 1.807) is 0 Å². The molecule has 25 heavy (non-hydrogen) atoms. The van der Waals surface area contributed by atoms with E-state index in [1.165, 1.54) is 5.56 Å². The van der Waals surface area contributed by atoms with Crippen molar-refractivity contribution < 1.29 is 14.3 Å². The van der Waals surface area contributed by atoms with Crippen LogP contribution in [-0.2, 0) is 20.7 Å². The van der Waals surface area contributed by atoms with Gasteiger partial charge < -0.3 is 10.1 Å². The minimum Gasteiger partial charge on any atom is -0.456 e. The third-order valence-electron chi connectivity index (χ3n) is 4.05. The molecule has 2 aromatic carbocycles. The Bertz CT molecular complexity index is 680. The lowest BCUT2D eigenvalue weighted by molar-refractivity contribution is -0.148. The van der Waals surface area contributed by atoms with Crippen LogP contribution in [-0.4, -0.2) is 18.5 Å². The standard InChI is InChI=1S/C21H25NO3/c1-3-19(18-12-9-16(2)10-13-18)22-20(23)15-25-21(24)14-11-17-7-5-4-6-8-17/h4-10,12-13,19H,3,11,14-15H2,1-2H3,(H,22,23)/t19-/m0/s1. The van der Waals surface area contributed by atoms with Crippen molar-refractivity contribution in [2.24, 2.45) is 0 Å². The lowest BCUT2D eigenvalue weighted by atomic mass is 10.0. The van der Waals surface area contributed by atoms with E-state index in [0.717, 1.165) is 17.5 Å². The number of amides is 1.